The smallest absolute Gasteiger partial charge is 0.158 e. The van der Waals surface area contributed by atoms with E-state index in [-0.39, 0.29) is 0 Å². The van der Waals surface area contributed by atoms with Crippen molar-refractivity contribution in [3.63, 3.8) is 0 Å². The highest BCUT2D eigenvalue weighted by Gasteiger charge is 2.17. The molecule has 1 fully saturated rings. The van der Waals surface area contributed by atoms with Gasteiger partial charge in [0.2, 0.25) is 0 Å². The molecule has 2 rings (SSSR count). The van der Waals surface area contributed by atoms with Crippen molar-refractivity contribution in [2.75, 3.05) is 37.8 Å². The van der Waals surface area contributed by atoms with Crippen molar-refractivity contribution < 1.29 is 4.74 Å². The summed E-state index contributed by atoms with van der Waals surface area (Å²) < 4.78 is 5.03. The van der Waals surface area contributed by atoms with Gasteiger partial charge in [-0.05, 0) is 32.9 Å². The van der Waals surface area contributed by atoms with Crippen LogP contribution in [0.15, 0.2) is 6.07 Å². The molecule has 3 N–H and O–H groups in total. The van der Waals surface area contributed by atoms with Gasteiger partial charge in [-0.25, -0.2) is 9.97 Å². The number of likely N-dealkylation sites (tertiary alicyclic amines) is 1. The molecular formula is C13H23N5O. The summed E-state index contributed by atoms with van der Waals surface area (Å²) in [6.45, 7) is 5.87. The Kier molecular flexibility index (Phi) is 4.93. The Balaban J connectivity index is 1.90. The first-order valence-electron chi connectivity index (χ1n) is 6.79. The van der Waals surface area contributed by atoms with Crippen molar-refractivity contribution in [3.8, 4) is 0 Å². The summed E-state index contributed by atoms with van der Waals surface area (Å²) in [7, 11) is 1.62. The zero-order chi connectivity index (χ0) is 13.7. The van der Waals surface area contributed by atoms with Gasteiger partial charge >= 0.3 is 0 Å². The summed E-state index contributed by atoms with van der Waals surface area (Å²) in [5.41, 5.74) is 5.76. The molecule has 0 amide bonds. The second kappa shape index (κ2) is 6.68. The molecule has 1 aromatic rings. The second-order valence-electron chi connectivity index (χ2n) is 5.00. The Morgan fingerprint density at radius 1 is 1.42 bits per heavy atom. The first-order chi connectivity index (χ1) is 9.19. The maximum Gasteiger partial charge on any atom is 0.158 e. The van der Waals surface area contributed by atoms with Crippen LogP contribution in [0.1, 0.15) is 25.6 Å². The highest BCUT2D eigenvalue weighted by molar-refractivity contribution is 5.44. The van der Waals surface area contributed by atoms with E-state index >= 15 is 0 Å². The summed E-state index contributed by atoms with van der Waals surface area (Å²) in [5.74, 6) is 1.85. The molecule has 0 spiro atoms. The lowest BCUT2D eigenvalue weighted by atomic mass is 10.3. The fraction of sp³-hybridized carbons (Fsp3) is 0.692. The quantitative estimate of drug-likeness (QED) is 0.802. The maximum atomic E-state index is 5.76. The molecule has 1 aromatic heterocycles. The number of hydrogen-bond donors (Lipinski definition) is 2. The number of rotatable bonds is 6. The number of anilines is 2. The minimum absolute atomic E-state index is 0.376. The minimum Gasteiger partial charge on any atom is -0.384 e. The van der Waals surface area contributed by atoms with E-state index < -0.39 is 0 Å². The van der Waals surface area contributed by atoms with E-state index in [0.29, 0.717) is 24.3 Å². The second-order valence-corrected chi connectivity index (χ2v) is 5.00. The molecule has 0 aromatic carbocycles. The molecule has 0 radical (unpaired) electrons. The predicted molar refractivity (Wildman–Crippen MR) is 75.9 cm³/mol. The highest BCUT2D eigenvalue weighted by atomic mass is 16.5. The van der Waals surface area contributed by atoms with E-state index in [1.807, 2.05) is 0 Å². The van der Waals surface area contributed by atoms with Crippen LogP contribution in [0.5, 0.6) is 0 Å². The van der Waals surface area contributed by atoms with Gasteiger partial charge in [0, 0.05) is 25.8 Å². The minimum atomic E-state index is 0.376. The van der Waals surface area contributed by atoms with Crippen LogP contribution in [0.3, 0.4) is 0 Å². The van der Waals surface area contributed by atoms with E-state index in [1.54, 1.807) is 13.2 Å². The van der Waals surface area contributed by atoms with Crippen LogP contribution in [0.4, 0.5) is 11.6 Å². The number of aromatic nitrogens is 2. The molecule has 2 heterocycles. The van der Waals surface area contributed by atoms with Crippen LogP contribution in [0, 0.1) is 0 Å². The first kappa shape index (κ1) is 14.0. The van der Waals surface area contributed by atoms with Gasteiger partial charge in [0.25, 0.3) is 0 Å². The summed E-state index contributed by atoms with van der Waals surface area (Å²) in [6.07, 6.45) is 2.62. The number of nitrogens with zero attached hydrogens (tertiary/aromatic N) is 3. The molecule has 1 atom stereocenters. The number of methoxy groups -OCH3 is 1. The van der Waals surface area contributed by atoms with Gasteiger partial charge in [0.1, 0.15) is 18.2 Å². The lowest BCUT2D eigenvalue weighted by Crippen LogP contribution is -2.35. The molecule has 0 aliphatic carbocycles. The van der Waals surface area contributed by atoms with Crippen molar-refractivity contribution in [2.45, 2.75) is 32.4 Å². The number of nitrogen functional groups attached to an aromatic ring is 1. The fourth-order valence-corrected chi connectivity index (χ4v) is 2.37. The SMILES string of the molecule is COCc1nc(N)cc(NCC(C)N2CCCC2)n1. The maximum absolute atomic E-state index is 5.76. The Morgan fingerprint density at radius 2 is 2.16 bits per heavy atom. The van der Waals surface area contributed by atoms with Crippen LogP contribution in [-0.2, 0) is 11.3 Å². The third-order valence-electron chi connectivity index (χ3n) is 3.41. The number of hydrogen-bond acceptors (Lipinski definition) is 6. The van der Waals surface area contributed by atoms with E-state index in [4.69, 9.17) is 10.5 Å². The van der Waals surface area contributed by atoms with Gasteiger partial charge in [-0.15, -0.1) is 0 Å². The summed E-state index contributed by atoms with van der Waals surface area (Å²) in [4.78, 5) is 11.0. The summed E-state index contributed by atoms with van der Waals surface area (Å²) in [6, 6.07) is 2.26. The fourth-order valence-electron chi connectivity index (χ4n) is 2.37. The Bertz CT molecular complexity index is 406. The summed E-state index contributed by atoms with van der Waals surface area (Å²) >= 11 is 0. The standard InChI is InChI=1S/C13H23N5O/c1-10(18-5-3-4-6-18)8-15-12-7-11(14)16-13(17-12)9-19-2/h7,10H,3-6,8-9H2,1-2H3,(H3,14,15,16,17). The van der Waals surface area contributed by atoms with Gasteiger partial charge in [-0.2, -0.15) is 0 Å². The third-order valence-corrected chi connectivity index (χ3v) is 3.41. The third kappa shape index (κ3) is 4.04. The molecule has 1 aliphatic heterocycles. The Labute approximate surface area is 114 Å². The Morgan fingerprint density at radius 3 is 2.84 bits per heavy atom. The van der Waals surface area contributed by atoms with Crippen LogP contribution in [-0.4, -0.2) is 47.7 Å². The lowest BCUT2D eigenvalue weighted by Gasteiger charge is -2.24. The van der Waals surface area contributed by atoms with E-state index in [1.165, 1.54) is 25.9 Å². The molecule has 1 aliphatic rings. The summed E-state index contributed by atoms with van der Waals surface area (Å²) in [5, 5.41) is 3.33. The predicted octanol–water partition coefficient (Wildman–Crippen LogP) is 1.10. The molecule has 0 bridgehead atoms. The van der Waals surface area contributed by atoms with Crippen LogP contribution in [0.25, 0.3) is 0 Å². The molecule has 106 valence electrons. The van der Waals surface area contributed by atoms with Gasteiger partial charge in [-0.1, -0.05) is 0 Å². The van der Waals surface area contributed by atoms with Crippen LogP contribution < -0.4 is 11.1 Å². The lowest BCUT2D eigenvalue weighted by molar-refractivity contribution is 0.178. The van der Waals surface area contributed by atoms with Crippen LogP contribution in [0.2, 0.25) is 0 Å². The molecule has 0 saturated carbocycles. The Hall–Kier alpha value is -1.40. The molecule has 6 nitrogen and oxygen atoms in total. The highest BCUT2D eigenvalue weighted by Crippen LogP contribution is 2.13. The van der Waals surface area contributed by atoms with Crippen molar-refractivity contribution in [1.82, 2.24) is 14.9 Å². The van der Waals surface area contributed by atoms with Gasteiger partial charge in [-0.3, -0.25) is 4.90 Å². The first-order valence-corrected chi connectivity index (χ1v) is 6.79. The largest absolute Gasteiger partial charge is 0.384 e. The van der Waals surface area contributed by atoms with E-state index in [9.17, 15) is 0 Å². The normalized spacial score (nSPS) is 17.6. The zero-order valence-electron chi connectivity index (χ0n) is 11.7. The molecule has 6 heteroatoms. The van der Waals surface area contributed by atoms with E-state index in [0.717, 1.165) is 12.4 Å². The molecule has 1 saturated heterocycles. The van der Waals surface area contributed by atoms with Crippen molar-refractivity contribution in [3.05, 3.63) is 11.9 Å². The molecule has 19 heavy (non-hydrogen) atoms. The number of nitrogens with two attached hydrogens (primary N) is 1. The average molecular weight is 265 g/mol. The van der Waals surface area contributed by atoms with Crippen molar-refractivity contribution in [2.24, 2.45) is 0 Å². The monoisotopic (exact) mass is 265 g/mol. The zero-order valence-corrected chi connectivity index (χ0v) is 11.7. The molecular weight excluding hydrogens is 242 g/mol. The topological polar surface area (TPSA) is 76.3 Å². The number of nitrogens with one attached hydrogen (secondary N) is 1. The van der Waals surface area contributed by atoms with Gasteiger partial charge < -0.3 is 15.8 Å². The van der Waals surface area contributed by atoms with Gasteiger partial charge in [0.15, 0.2) is 5.82 Å². The van der Waals surface area contributed by atoms with Crippen LogP contribution >= 0.6 is 0 Å². The molecule has 1 unspecified atom stereocenters. The average Bonchev–Trinajstić information content (AvgIpc) is 2.89. The number of ether oxygens (including phenoxy) is 1. The van der Waals surface area contributed by atoms with E-state index in [2.05, 4.69) is 27.1 Å². The van der Waals surface area contributed by atoms with Crippen molar-refractivity contribution >= 4 is 11.6 Å². The van der Waals surface area contributed by atoms with Gasteiger partial charge in [0.05, 0.1) is 0 Å². The van der Waals surface area contributed by atoms with Crippen molar-refractivity contribution in [1.29, 1.82) is 0 Å².